The van der Waals surface area contributed by atoms with Crippen LogP contribution >= 0.6 is 0 Å². The molecule has 0 aliphatic carbocycles. The number of tetrazole rings is 1. The molecule has 0 radical (unpaired) electrons. The van der Waals surface area contributed by atoms with Gasteiger partial charge in [-0.15, -0.1) is 10.2 Å². The van der Waals surface area contributed by atoms with Crippen LogP contribution in [0.4, 0.5) is 19.1 Å². The number of hydrogen-bond donors (Lipinski definition) is 2. The first-order chi connectivity index (χ1) is 18.3. The van der Waals surface area contributed by atoms with E-state index in [1.807, 2.05) is 18.4 Å². The van der Waals surface area contributed by atoms with Crippen molar-refractivity contribution in [1.29, 1.82) is 0 Å². The van der Waals surface area contributed by atoms with E-state index in [2.05, 4.69) is 31.7 Å². The standard InChI is InChI=1S/C20H28N10O2.C2HF3O2/c1-12(2)5-7-29-16-17(22-19(29)28-8-6-13-9-21-10-14(13)28)26(3)20(32)30(18(16)31)11-15-23-25-27(4)24-15;3-2(4,5)1(6)7/h5,13-14,21H,6-11H2,1-4H3;(H,6,7). The van der Waals surface area contributed by atoms with E-state index in [4.69, 9.17) is 14.9 Å². The fourth-order valence-electron chi connectivity index (χ4n) is 4.79. The summed E-state index contributed by atoms with van der Waals surface area (Å²) in [7, 11) is 3.29. The van der Waals surface area contributed by atoms with Gasteiger partial charge >= 0.3 is 17.8 Å². The SMILES string of the molecule is CC(C)=CCn1c(N2CCC3CNCC32)nc2c1c(=O)n(Cc1nnn(C)n1)c(=O)n2C.O=C(O)C(F)(F)F. The molecule has 2 atom stereocenters. The first kappa shape index (κ1) is 28.0. The van der Waals surface area contributed by atoms with Crippen molar-refractivity contribution in [1.82, 2.24) is 44.2 Å². The maximum atomic E-state index is 13.6. The van der Waals surface area contributed by atoms with Crippen LogP contribution in [0.3, 0.4) is 0 Å². The van der Waals surface area contributed by atoms with Crippen molar-refractivity contribution in [2.75, 3.05) is 24.5 Å². The van der Waals surface area contributed by atoms with Gasteiger partial charge in [-0.05, 0) is 31.4 Å². The zero-order valence-electron chi connectivity index (χ0n) is 21.8. The Labute approximate surface area is 219 Å². The number of alkyl halides is 3. The van der Waals surface area contributed by atoms with E-state index in [1.54, 1.807) is 14.1 Å². The normalized spacial score (nSPS) is 18.7. The van der Waals surface area contributed by atoms with Gasteiger partial charge in [0.2, 0.25) is 5.95 Å². The number of aromatic nitrogens is 8. The van der Waals surface area contributed by atoms with Crippen LogP contribution < -0.4 is 21.5 Å². The molecule has 14 nitrogen and oxygen atoms in total. The molecule has 39 heavy (non-hydrogen) atoms. The monoisotopic (exact) mass is 554 g/mol. The number of aryl methyl sites for hydroxylation is 2. The molecule has 17 heteroatoms. The van der Waals surface area contributed by atoms with Crippen molar-refractivity contribution in [2.24, 2.45) is 20.0 Å². The van der Waals surface area contributed by atoms with Gasteiger partial charge < -0.3 is 19.9 Å². The van der Waals surface area contributed by atoms with Crippen molar-refractivity contribution in [3.8, 4) is 0 Å². The van der Waals surface area contributed by atoms with E-state index in [0.717, 1.165) is 42.1 Å². The summed E-state index contributed by atoms with van der Waals surface area (Å²) in [6, 6.07) is 0.348. The summed E-state index contributed by atoms with van der Waals surface area (Å²) in [4.78, 5) is 44.0. The topological polar surface area (TPSA) is 158 Å². The molecule has 212 valence electrons. The largest absolute Gasteiger partial charge is 0.490 e. The van der Waals surface area contributed by atoms with Gasteiger partial charge in [0.25, 0.3) is 5.56 Å². The molecule has 5 rings (SSSR count). The Balaban J connectivity index is 0.000000448. The third kappa shape index (κ3) is 5.57. The summed E-state index contributed by atoms with van der Waals surface area (Å²) in [5, 5.41) is 22.5. The average Bonchev–Trinajstić information content (AvgIpc) is 3.62. The number of carboxylic acid groups (broad SMARTS) is 1. The Hall–Kier alpha value is -4.02. The number of rotatable bonds is 5. The third-order valence-electron chi connectivity index (χ3n) is 6.69. The molecule has 2 fully saturated rings. The highest BCUT2D eigenvalue weighted by atomic mass is 19.4. The van der Waals surface area contributed by atoms with E-state index in [0.29, 0.717) is 35.5 Å². The smallest absolute Gasteiger partial charge is 0.475 e. The second-order valence-corrected chi connectivity index (χ2v) is 9.67. The summed E-state index contributed by atoms with van der Waals surface area (Å²) in [5.41, 5.74) is 1.12. The number of allylic oxidation sites excluding steroid dienone is 2. The molecule has 2 saturated heterocycles. The lowest BCUT2D eigenvalue weighted by Gasteiger charge is -2.25. The van der Waals surface area contributed by atoms with E-state index in [-0.39, 0.29) is 6.54 Å². The Bertz CT molecular complexity index is 1530. The number of imidazole rings is 1. The maximum Gasteiger partial charge on any atom is 0.490 e. The van der Waals surface area contributed by atoms with Crippen LogP contribution in [0.1, 0.15) is 26.1 Å². The van der Waals surface area contributed by atoms with Crippen molar-refractivity contribution >= 4 is 23.1 Å². The molecule has 2 aliphatic rings. The van der Waals surface area contributed by atoms with Crippen LogP contribution in [0.25, 0.3) is 11.2 Å². The lowest BCUT2D eigenvalue weighted by Crippen LogP contribution is -2.40. The van der Waals surface area contributed by atoms with Crippen molar-refractivity contribution < 1.29 is 23.1 Å². The minimum atomic E-state index is -5.08. The van der Waals surface area contributed by atoms with E-state index in [9.17, 15) is 22.8 Å². The molecule has 2 aliphatic heterocycles. The number of aliphatic carboxylic acids is 1. The molecular formula is C22H29F3N10O4. The van der Waals surface area contributed by atoms with Crippen molar-refractivity contribution in [3.63, 3.8) is 0 Å². The zero-order valence-corrected chi connectivity index (χ0v) is 21.8. The van der Waals surface area contributed by atoms with Gasteiger partial charge in [-0.2, -0.15) is 23.0 Å². The van der Waals surface area contributed by atoms with E-state index >= 15 is 0 Å². The Morgan fingerprint density at radius 3 is 2.46 bits per heavy atom. The highest BCUT2D eigenvalue weighted by Gasteiger charge is 2.40. The van der Waals surface area contributed by atoms with Gasteiger partial charge in [-0.1, -0.05) is 11.6 Å². The molecule has 5 heterocycles. The van der Waals surface area contributed by atoms with Gasteiger partial charge in [0, 0.05) is 39.3 Å². The van der Waals surface area contributed by atoms with Gasteiger partial charge in [0.15, 0.2) is 17.0 Å². The minimum absolute atomic E-state index is 0.0449. The van der Waals surface area contributed by atoms with E-state index < -0.39 is 23.4 Å². The fraction of sp³-hybridized carbons (Fsp3) is 0.591. The molecule has 2 unspecified atom stereocenters. The van der Waals surface area contributed by atoms with Crippen LogP contribution in [0.15, 0.2) is 21.2 Å². The van der Waals surface area contributed by atoms with Crippen LogP contribution in [0.5, 0.6) is 0 Å². The van der Waals surface area contributed by atoms with Crippen LogP contribution in [-0.2, 0) is 32.0 Å². The molecule has 0 bridgehead atoms. The van der Waals surface area contributed by atoms with E-state index in [1.165, 1.54) is 9.36 Å². The number of hydrogen-bond acceptors (Lipinski definition) is 9. The molecule has 0 spiro atoms. The molecule has 3 aromatic heterocycles. The number of nitrogens with zero attached hydrogens (tertiary/aromatic N) is 9. The fourth-order valence-corrected chi connectivity index (χ4v) is 4.79. The second-order valence-electron chi connectivity index (χ2n) is 9.67. The van der Waals surface area contributed by atoms with Crippen LogP contribution in [-0.4, -0.2) is 81.8 Å². The molecular weight excluding hydrogens is 525 g/mol. The minimum Gasteiger partial charge on any atom is -0.475 e. The Morgan fingerprint density at radius 1 is 1.18 bits per heavy atom. The first-order valence-corrected chi connectivity index (χ1v) is 12.1. The summed E-state index contributed by atoms with van der Waals surface area (Å²) in [6.45, 7) is 7.31. The lowest BCUT2D eigenvalue weighted by molar-refractivity contribution is -0.192. The average molecular weight is 555 g/mol. The van der Waals surface area contributed by atoms with Crippen LogP contribution in [0.2, 0.25) is 0 Å². The summed E-state index contributed by atoms with van der Waals surface area (Å²) >= 11 is 0. The molecule has 0 aromatic carbocycles. The molecule has 0 saturated carbocycles. The molecule has 3 aromatic rings. The lowest BCUT2D eigenvalue weighted by atomic mass is 10.1. The van der Waals surface area contributed by atoms with Gasteiger partial charge in [-0.25, -0.2) is 9.59 Å². The second kappa shape index (κ2) is 10.6. The number of nitrogens with one attached hydrogen (secondary N) is 1. The number of halogens is 3. The van der Waals surface area contributed by atoms with Crippen molar-refractivity contribution in [3.05, 3.63) is 38.3 Å². The summed E-state index contributed by atoms with van der Waals surface area (Å²) in [5.74, 6) is -1.13. The summed E-state index contributed by atoms with van der Waals surface area (Å²) < 4.78 is 36.3. The highest BCUT2D eigenvalue weighted by molar-refractivity contribution is 5.75. The van der Waals surface area contributed by atoms with Gasteiger partial charge in [0.1, 0.15) is 0 Å². The Morgan fingerprint density at radius 2 is 1.87 bits per heavy atom. The zero-order chi connectivity index (χ0) is 28.6. The first-order valence-electron chi connectivity index (χ1n) is 12.1. The number of carbonyl (C=O) groups is 1. The van der Waals surface area contributed by atoms with Crippen LogP contribution in [0, 0.1) is 5.92 Å². The number of fused-ring (bicyclic) bond motifs is 2. The molecule has 0 amide bonds. The quantitative estimate of drug-likeness (QED) is 0.407. The predicted molar refractivity (Wildman–Crippen MR) is 132 cm³/mol. The van der Waals surface area contributed by atoms with Crippen molar-refractivity contribution in [2.45, 2.75) is 45.6 Å². The number of carboxylic acids is 1. The van der Waals surface area contributed by atoms with Gasteiger partial charge in [0.05, 0.1) is 13.6 Å². The molecule has 2 N–H and O–H groups in total. The Kier molecular flexibility index (Phi) is 7.63. The third-order valence-corrected chi connectivity index (χ3v) is 6.69. The number of anilines is 1. The predicted octanol–water partition coefficient (Wildman–Crippen LogP) is -0.134. The van der Waals surface area contributed by atoms with Gasteiger partial charge in [-0.3, -0.25) is 13.9 Å². The highest BCUT2D eigenvalue weighted by Crippen LogP contribution is 2.32. The maximum absolute atomic E-state index is 13.6. The summed E-state index contributed by atoms with van der Waals surface area (Å²) in [6.07, 6.45) is -1.92.